The van der Waals surface area contributed by atoms with Gasteiger partial charge in [0, 0.05) is 67.4 Å². The van der Waals surface area contributed by atoms with Crippen LogP contribution in [-0.2, 0) is 7.05 Å². The van der Waals surface area contributed by atoms with E-state index in [1.165, 1.54) is 76.2 Å². The molecule has 0 unspecified atom stereocenters. The molecule has 3 aromatic heterocycles. The van der Waals surface area contributed by atoms with Crippen LogP contribution in [0.25, 0.3) is 121 Å². The van der Waals surface area contributed by atoms with Crippen molar-refractivity contribution in [1.29, 1.82) is 0 Å². The van der Waals surface area contributed by atoms with E-state index in [2.05, 4.69) is 227 Å². The number of aromatic nitrogens is 3. The Balaban J connectivity index is 0.937. The quantitative estimate of drug-likeness (QED) is 0.154. The lowest BCUT2D eigenvalue weighted by Gasteiger charge is -2.14. The Morgan fingerprint density at radius 1 is 0.359 bits per heavy atom. The zero-order chi connectivity index (χ0) is 42.5. The second-order valence-corrected chi connectivity index (χ2v) is 16.9. The van der Waals surface area contributed by atoms with E-state index in [1.807, 2.05) is 6.07 Å². The number of rotatable bonds is 6. The molecule has 0 atom stereocenters. The highest BCUT2D eigenvalue weighted by Crippen LogP contribution is 2.44. The number of hydrogen-bond acceptors (Lipinski definition) is 1. The van der Waals surface area contributed by atoms with Crippen molar-refractivity contribution < 1.29 is 4.79 Å². The first-order valence-electron chi connectivity index (χ1n) is 21.8. The van der Waals surface area contributed by atoms with E-state index in [0.29, 0.717) is 5.56 Å². The minimum atomic E-state index is 0.675. The molecule has 300 valence electrons. The van der Waals surface area contributed by atoms with Crippen molar-refractivity contribution in [2.75, 3.05) is 0 Å². The van der Waals surface area contributed by atoms with Crippen molar-refractivity contribution in [3.63, 3.8) is 0 Å². The molecule has 3 heterocycles. The molecule has 0 saturated carbocycles. The highest BCUT2D eigenvalue weighted by molar-refractivity contribution is 6.29. The lowest BCUT2D eigenvalue weighted by Crippen LogP contribution is -1.95. The maximum Gasteiger partial charge on any atom is 0.150 e. The minimum absolute atomic E-state index is 0.675. The van der Waals surface area contributed by atoms with Crippen LogP contribution in [-0.4, -0.2) is 20.0 Å². The molecule has 13 rings (SSSR count). The molecule has 0 aliphatic rings. The molecular weight excluding hydrogens is 779 g/mol. The van der Waals surface area contributed by atoms with E-state index in [4.69, 9.17) is 0 Å². The van der Waals surface area contributed by atoms with Gasteiger partial charge < -0.3 is 13.7 Å². The molecule has 0 aliphatic carbocycles. The molecule has 0 fully saturated rings. The van der Waals surface area contributed by atoms with Gasteiger partial charge in [-0.3, -0.25) is 4.79 Å². The van der Waals surface area contributed by atoms with E-state index in [9.17, 15) is 4.79 Å². The zero-order valence-corrected chi connectivity index (χ0v) is 35.0. The molecule has 0 bridgehead atoms. The van der Waals surface area contributed by atoms with Crippen molar-refractivity contribution in [3.05, 3.63) is 218 Å². The summed E-state index contributed by atoms with van der Waals surface area (Å²) >= 11 is 0. The standard InChI is InChI=1S/C60H39N3O/c1-61-53-25-8-5-19-47(53)48-23-13-24-49(60(48)61)52-36-39(28-29-42(52)37-64)38-14-11-15-40(34-38)45-22-12-16-41-35-44(30-31-46(41)45)63-55-27-10-7-21-51(55)59-57(63)33-32-56-58(59)50-20-6-9-26-54(50)62(56)43-17-3-2-4-18-43/h2-37H,1H3. The van der Waals surface area contributed by atoms with Crippen LogP contribution >= 0.6 is 0 Å². The summed E-state index contributed by atoms with van der Waals surface area (Å²) in [5, 5.41) is 9.78. The predicted molar refractivity (Wildman–Crippen MR) is 268 cm³/mol. The summed E-state index contributed by atoms with van der Waals surface area (Å²) in [7, 11) is 2.11. The van der Waals surface area contributed by atoms with Crippen molar-refractivity contribution >= 4 is 82.5 Å². The van der Waals surface area contributed by atoms with Gasteiger partial charge in [-0.05, 0) is 105 Å². The monoisotopic (exact) mass is 817 g/mol. The van der Waals surface area contributed by atoms with Gasteiger partial charge in [-0.2, -0.15) is 0 Å². The van der Waals surface area contributed by atoms with Crippen molar-refractivity contribution in [2.45, 2.75) is 0 Å². The number of nitrogens with zero attached hydrogens (tertiary/aromatic N) is 3. The smallest absolute Gasteiger partial charge is 0.150 e. The normalized spacial score (nSPS) is 11.9. The Bertz CT molecular complexity index is 4050. The summed E-state index contributed by atoms with van der Waals surface area (Å²) in [5.74, 6) is 0. The lowest BCUT2D eigenvalue weighted by atomic mass is 9.91. The molecule has 13 aromatic rings. The highest BCUT2D eigenvalue weighted by atomic mass is 16.1. The van der Waals surface area contributed by atoms with E-state index >= 15 is 0 Å². The third-order valence-electron chi connectivity index (χ3n) is 13.5. The number of aldehydes is 1. The molecule has 64 heavy (non-hydrogen) atoms. The van der Waals surface area contributed by atoms with Gasteiger partial charge in [0.25, 0.3) is 0 Å². The fourth-order valence-corrected chi connectivity index (χ4v) is 10.7. The van der Waals surface area contributed by atoms with Gasteiger partial charge >= 0.3 is 0 Å². The number of carbonyl (C=O) groups is 1. The molecule has 0 radical (unpaired) electrons. The molecule has 0 N–H and O–H groups in total. The van der Waals surface area contributed by atoms with Gasteiger partial charge in [0.05, 0.1) is 27.6 Å². The van der Waals surface area contributed by atoms with Crippen LogP contribution in [0, 0.1) is 0 Å². The van der Waals surface area contributed by atoms with Crippen LogP contribution in [0.4, 0.5) is 0 Å². The Kier molecular flexibility index (Phi) is 7.94. The average molecular weight is 818 g/mol. The van der Waals surface area contributed by atoms with Crippen LogP contribution < -0.4 is 0 Å². The number of hydrogen-bond donors (Lipinski definition) is 0. The van der Waals surface area contributed by atoms with Gasteiger partial charge in [0.1, 0.15) is 0 Å². The molecule has 10 aromatic carbocycles. The van der Waals surface area contributed by atoms with E-state index in [1.54, 1.807) is 0 Å². The second-order valence-electron chi connectivity index (χ2n) is 16.9. The fraction of sp³-hybridized carbons (Fsp3) is 0.0167. The Hall–Kier alpha value is -8.47. The van der Waals surface area contributed by atoms with Gasteiger partial charge in [-0.1, -0.05) is 146 Å². The van der Waals surface area contributed by atoms with Crippen LogP contribution in [0.2, 0.25) is 0 Å². The molecule has 0 aliphatic heterocycles. The van der Waals surface area contributed by atoms with Crippen LogP contribution in [0.1, 0.15) is 10.4 Å². The number of carbonyl (C=O) groups excluding carboxylic acids is 1. The Labute approximate surface area is 369 Å². The first-order chi connectivity index (χ1) is 31.6. The fourth-order valence-electron chi connectivity index (χ4n) is 10.7. The molecular formula is C60H39N3O. The second kappa shape index (κ2) is 14.0. The van der Waals surface area contributed by atoms with Gasteiger partial charge in [-0.15, -0.1) is 0 Å². The summed E-state index contributed by atoms with van der Waals surface area (Å²) in [5.41, 5.74) is 16.5. The first-order valence-corrected chi connectivity index (χ1v) is 21.8. The number of para-hydroxylation sites is 5. The number of benzene rings is 10. The van der Waals surface area contributed by atoms with E-state index in [0.717, 1.165) is 51.0 Å². The average Bonchev–Trinajstić information content (AvgIpc) is 3.99. The van der Waals surface area contributed by atoms with Crippen LogP contribution in [0.15, 0.2) is 212 Å². The Morgan fingerprint density at radius 2 is 0.953 bits per heavy atom. The molecule has 4 nitrogen and oxygen atoms in total. The summed E-state index contributed by atoms with van der Waals surface area (Å²) in [4.78, 5) is 12.6. The topological polar surface area (TPSA) is 31.9 Å². The lowest BCUT2D eigenvalue weighted by molar-refractivity contribution is 0.112. The first kappa shape index (κ1) is 36.2. The van der Waals surface area contributed by atoms with Crippen molar-refractivity contribution in [1.82, 2.24) is 13.7 Å². The molecule has 0 saturated heterocycles. The number of fused-ring (bicyclic) bond motifs is 11. The Morgan fingerprint density at radius 3 is 1.70 bits per heavy atom. The highest BCUT2D eigenvalue weighted by Gasteiger charge is 2.21. The predicted octanol–water partition coefficient (Wildman–Crippen LogP) is 15.5. The SMILES string of the molecule is Cn1c2ccccc2c2cccc(-c3cc(-c4cccc(-c5cccc6cc(-n7c8ccccc8c8c9c%10ccccc%10n(-c%10ccccc%10)c9ccc87)ccc56)c4)ccc3C=O)c21. The summed E-state index contributed by atoms with van der Waals surface area (Å²) in [6.07, 6.45) is 0.978. The summed E-state index contributed by atoms with van der Waals surface area (Å²) < 4.78 is 7.08. The largest absolute Gasteiger partial charge is 0.343 e. The van der Waals surface area contributed by atoms with Crippen LogP contribution in [0.3, 0.4) is 0 Å². The van der Waals surface area contributed by atoms with Crippen molar-refractivity contribution in [3.8, 4) is 44.8 Å². The summed E-state index contributed by atoms with van der Waals surface area (Å²) in [6, 6.07) is 76.3. The maximum absolute atomic E-state index is 12.6. The van der Waals surface area contributed by atoms with Crippen LogP contribution in [0.5, 0.6) is 0 Å². The van der Waals surface area contributed by atoms with Gasteiger partial charge in [-0.25, -0.2) is 0 Å². The van der Waals surface area contributed by atoms with E-state index < -0.39 is 0 Å². The summed E-state index contributed by atoms with van der Waals surface area (Å²) in [6.45, 7) is 0. The molecule has 0 amide bonds. The van der Waals surface area contributed by atoms with Gasteiger partial charge in [0.15, 0.2) is 6.29 Å². The molecule has 4 heteroatoms. The minimum Gasteiger partial charge on any atom is -0.343 e. The number of aryl methyl sites for hydroxylation is 1. The molecule has 0 spiro atoms. The maximum atomic E-state index is 12.6. The van der Waals surface area contributed by atoms with E-state index in [-0.39, 0.29) is 0 Å². The van der Waals surface area contributed by atoms with Crippen molar-refractivity contribution in [2.24, 2.45) is 7.05 Å². The third kappa shape index (κ3) is 5.26. The van der Waals surface area contributed by atoms with Gasteiger partial charge in [0.2, 0.25) is 0 Å². The third-order valence-corrected chi connectivity index (χ3v) is 13.5. The zero-order valence-electron chi connectivity index (χ0n) is 35.0.